The molecule has 3 amide bonds. The van der Waals surface area contributed by atoms with Crippen molar-refractivity contribution >= 4 is 17.7 Å². The maximum atomic E-state index is 11.7. The number of hydroxylamine groups is 2. The van der Waals surface area contributed by atoms with Crippen LogP contribution in [0.3, 0.4) is 0 Å². The molecular weight excluding hydrogens is 214 g/mol. The van der Waals surface area contributed by atoms with Crippen LogP contribution in [0.5, 0.6) is 0 Å². The highest BCUT2D eigenvalue weighted by Crippen LogP contribution is 2.01. The molecule has 0 aliphatic carbocycles. The van der Waals surface area contributed by atoms with Gasteiger partial charge in [-0.2, -0.15) is 0 Å². The number of amides is 3. The first-order valence-corrected chi connectivity index (χ1v) is 4.72. The van der Waals surface area contributed by atoms with Gasteiger partial charge in [0.1, 0.15) is 6.04 Å². The molecule has 0 saturated carbocycles. The van der Waals surface area contributed by atoms with Gasteiger partial charge in [-0.05, 0) is 0 Å². The number of hydrogen-bond donors (Lipinski definition) is 2. The van der Waals surface area contributed by atoms with Gasteiger partial charge in [0.2, 0.25) is 17.7 Å². The summed E-state index contributed by atoms with van der Waals surface area (Å²) >= 11 is 0. The van der Waals surface area contributed by atoms with Crippen LogP contribution in [0.4, 0.5) is 0 Å². The normalized spacial score (nSPS) is 24.3. The Balaban J connectivity index is 2.59. The fourth-order valence-electron chi connectivity index (χ4n) is 1.25. The summed E-state index contributed by atoms with van der Waals surface area (Å²) in [6.07, 6.45) is -0.234. The van der Waals surface area contributed by atoms with E-state index in [-0.39, 0.29) is 25.3 Å². The van der Waals surface area contributed by atoms with E-state index >= 15 is 0 Å². The Morgan fingerprint density at radius 1 is 1.69 bits per heavy atom. The molecule has 7 nitrogen and oxygen atoms in total. The van der Waals surface area contributed by atoms with E-state index in [0.29, 0.717) is 5.06 Å². The highest BCUT2D eigenvalue weighted by Gasteiger charge is 2.27. The second kappa shape index (κ2) is 5.45. The van der Waals surface area contributed by atoms with Crippen molar-refractivity contribution in [2.24, 2.45) is 0 Å². The summed E-state index contributed by atoms with van der Waals surface area (Å²) in [6, 6.07) is -1.02. The lowest BCUT2D eigenvalue weighted by Crippen LogP contribution is -2.45. The highest BCUT2D eigenvalue weighted by molar-refractivity contribution is 5.93. The Bertz CT molecular complexity index is 385. The summed E-state index contributed by atoms with van der Waals surface area (Å²) in [5, 5.41) is 5.39. The summed E-state index contributed by atoms with van der Waals surface area (Å²) in [7, 11) is -1.62. The van der Waals surface area contributed by atoms with E-state index in [4.69, 9.17) is 4.11 Å². The van der Waals surface area contributed by atoms with E-state index in [1.54, 1.807) is 0 Å². The zero-order chi connectivity index (χ0) is 14.6. The number of carbonyl (C=O) groups is 3. The molecule has 1 saturated heterocycles. The molecule has 0 spiro atoms. The smallest absolute Gasteiger partial charge is 0.248 e. The molecule has 0 aromatic heterocycles. The van der Waals surface area contributed by atoms with Gasteiger partial charge in [0, 0.05) is 20.0 Å². The molecule has 0 aromatic rings. The van der Waals surface area contributed by atoms with Crippen molar-refractivity contribution < 1.29 is 23.3 Å². The topological polar surface area (TPSA) is 87.7 Å². The molecular formula is C9H15N3O4. The van der Waals surface area contributed by atoms with E-state index in [0.717, 1.165) is 7.05 Å². The molecule has 2 N–H and O–H groups in total. The zero-order valence-corrected chi connectivity index (χ0v) is 8.78. The molecule has 1 rings (SSSR count). The molecule has 16 heavy (non-hydrogen) atoms. The van der Waals surface area contributed by atoms with Crippen molar-refractivity contribution in [3.05, 3.63) is 0 Å². The highest BCUT2D eigenvalue weighted by atomic mass is 16.7. The SMILES string of the molecule is [2H]C([2H])([2H])ON(C)C(=O)C[C@@H]1NC(=O)CCNC1=O. The Morgan fingerprint density at radius 2 is 2.44 bits per heavy atom. The number of nitrogens with zero attached hydrogens (tertiary/aromatic N) is 1. The van der Waals surface area contributed by atoms with Gasteiger partial charge in [-0.1, -0.05) is 0 Å². The van der Waals surface area contributed by atoms with Crippen molar-refractivity contribution in [3.8, 4) is 0 Å². The lowest BCUT2D eigenvalue weighted by molar-refractivity contribution is -0.169. The second-order valence-electron chi connectivity index (χ2n) is 3.35. The molecule has 1 fully saturated rings. The molecule has 0 unspecified atom stereocenters. The summed E-state index contributed by atoms with van der Waals surface area (Å²) in [6.45, 7) is 0.205. The Morgan fingerprint density at radius 3 is 3.12 bits per heavy atom. The maximum absolute atomic E-state index is 11.7. The molecule has 0 bridgehead atoms. The molecule has 0 radical (unpaired) electrons. The van der Waals surface area contributed by atoms with E-state index in [1.807, 2.05) is 0 Å². The van der Waals surface area contributed by atoms with Crippen molar-refractivity contribution in [2.75, 3.05) is 20.6 Å². The van der Waals surface area contributed by atoms with Crippen LogP contribution in [0, 0.1) is 0 Å². The standard InChI is InChI=1S/C9H15N3O4/c1-12(16-2)8(14)5-6-9(15)10-4-3-7(13)11-6/h6H,3-5H2,1-2H3,(H,10,15)(H,11,13)/t6-/m0/s1/i2D3. The largest absolute Gasteiger partial charge is 0.354 e. The molecule has 1 aliphatic heterocycles. The summed E-state index contributed by atoms with van der Waals surface area (Å²) in [5.41, 5.74) is 0. The van der Waals surface area contributed by atoms with Crippen LogP contribution < -0.4 is 10.6 Å². The van der Waals surface area contributed by atoms with Gasteiger partial charge in [-0.3, -0.25) is 19.2 Å². The Hall–Kier alpha value is -1.63. The monoisotopic (exact) mass is 232 g/mol. The quantitative estimate of drug-likeness (QED) is 0.574. The molecule has 1 atom stereocenters. The van der Waals surface area contributed by atoms with Crippen molar-refractivity contribution in [1.82, 2.24) is 15.7 Å². The van der Waals surface area contributed by atoms with Crippen molar-refractivity contribution in [2.45, 2.75) is 18.9 Å². The average molecular weight is 232 g/mol. The number of rotatable bonds is 3. The molecule has 90 valence electrons. The number of hydrogen-bond acceptors (Lipinski definition) is 4. The summed E-state index contributed by atoms with van der Waals surface area (Å²) < 4.78 is 20.5. The van der Waals surface area contributed by atoms with Gasteiger partial charge in [-0.15, -0.1) is 0 Å². The Labute approximate surface area is 97.3 Å². The number of carbonyl (C=O) groups excluding carboxylic acids is 3. The first-order chi connectivity index (χ1) is 8.69. The van der Waals surface area contributed by atoms with Crippen LogP contribution in [0.15, 0.2) is 0 Å². The van der Waals surface area contributed by atoms with Gasteiger partial charge in [0.25, 0.3) is 0 Å². The third-order valence-electron chi connectivity index (χ3n) is 2.17. The predicted octanol–water partition coefficient (Wildman–Crippen LogP) is -1.60. The number of nitrogens with one attached hydrogen (secondary N) is 2. The van der Waals surface area contributed by atoms with Crippen LogP contribution in [-0.4, -0.2) is 49.5 Å². The van der Waals surface area contributed by atoms with E-state index < -0.39 is 24.9 Å². The van der Waals surface area contributed by atoms with Crippen LogP contribution in [0.25, 0.3) is 0 Å². The molecule has 0 aromatic carbocycles. The lowest BCUT2D eigenvalue weighted by atomic mass is 10.2. The van der Waals surface area contributed by atoms with Crippen LogP contribution >= 0.6 is 0 Å². The minimum absolute atomic E-state index is 0.137. The predicted molar refractivity (Wildman–Crippen MR) is 54.0 cm³/mol. The van der Waals surface area contributed by atoms with E-state index in [2.05, 4.69) is 15.5 Å². The average Bonchev–Trinajstić information content (AvgIpc) is 2.39. The van der Waals surface area contributed by atoms with Crippen LogP contribution in [0.2, 0.25) is 0 Å². The van der Waals surface area contributed by atoms with Crippen LogP contribution in [0.1, 0.15) is 17.0 Å². The van der Waals surface area contributed by atoms with Gasteiger partial charge in [0.05, 0.1) is 17.6 Å². The van der Waals surface area contributed by atoms with Gasteiger partial charge in [-0.25, -0.2) is 5.06 Å². The summed E-state index contributed by atoms with van der Waals surface area (Å²) in [5.74, 6) is -1.56. The molecule has 1 aliphatic rings. The maximum Gasteiger partial charge on any atom is 0.248 e. The van der Waals surface area contributed by atoms with E-state index in [1.165, 1.54) is 0 Å². The van der Waals surface area contributed by atoms with Gasteiger partial charge < -0.3 is 10.6 Å². The third kappa shape index (κ3) is 3.20. The second-order valence-corrected chi connectivity index (χ2v) is 3.35. The fraction of sp³-hybridized carbons (Fsp3) is 0.667. The Kier molecular flexibility index (Phi) is 2.90. The van der Waals surface area contributed by atoms with Gasteiger partial charge in [0.15, 0.2) is 0 Å². The van der Waals surface area contributed by atoms with E-state index in [9.17, 15) is 14.4 Å². The first-order valence-electron chi connectivity index (χ1n) is 6.22. The molecule has 1 heterocycles. The minimum atomic E-state index is -2.75. The molecule has 7 heteroatoms. The first kappa shape index (κ1) is 8.51. The summed E-state index contributed by atoms with van der Waals surface area (Å²) in [4.78, 5) is 38.9. The zero-order valence-electron chi connectivity index (χ0n) is 11.8. The van der Waals surface area contributed by atoms with Gasteiger partial charge >= 0.3 is 0 Å². The van der Waals surface area contributed by atoms with Crippen molar-refractivity contribution in [3.63, 3.8) is 0 Å². The third-order valence-corrected chi connectivity index (χ3v) is 2.17. The minimum Gasteiger partial charge on any atom is -0.354 e. The van der Waals surface area contributed by atoms with Crippen molar-refractivity contribution in [1.29, 1.82) is 0 Å². The fourth-order valence-corrected chi connectivity index (χ4v) is 1.25. The van der Waals surface area contributed by atoms with Crippen LogP contribution in [-0.2, 0) is 19.2 Å². The lowest BCUT2D eigenvalue weighted by Gasteiger charge is -2.18.